The third-order valence-electron chi connectivity index (χ3n) is 6.76. The van der Waals surface area contributed by atoms with Crippen LogP contribution in [0.3, 0.4) is 0 Å². The third-order valence-corrected chi connectivity index (χ3v) is 6.76. The predicted octanol–water partition coefficient (Wildman–Crippen LogP) is 4.03. The van der Waals surface area contributed by atoms with Crippen LogP contribution in [0.1, 0.15) is 55.6 Å². The van der Waals surface area contributed by atoms with Gasteiger partial charge in [0, 0.05) is 31.4 Å². The zero-order valence-corrected chi connectivity index (χ0v) is 18.8. The summed E-state index contributed by atoms with van der Waals surface area (Å²) in [7, 11) is 0. The number of hydrogen-bond donors (Lipinski definition) is 0. The van der Waals surface area contributed by atoms with Crippen LogP contribution in [0.2, 0.25) is 0 Å². The molecule has 31 heavy (non-hydrogen) atoms. The smallest absolute Gasteiger partial charge is 0.274 e. The van der Waals surface area contributed by atoms with E-state index in [0.29, 0.717) is 17.0 Å². The van der Waals surface area contributed by atoms with Crippen molar-refractivity contribution in [3.8, 4) is 5.75 Å². The van der Waals surface area contributed by atoms with Crippen LogP contribution in [0.25, 0.3) is 0 Å². The molecule has 166 valence electrons. The Morgan fingerprint density at radius 1 is 1.03 bits per heavy atom. The average molecular weight is 423 g/mol. The lowest BCUT2D eigenvalue weighted by atomic mass is 9.71. The van der Waals surface area contributed by atoms with E-state index in [-0.39, 0.29) is 5.91 Å². The summed E-state index contributed by atoms with van der Waals surface area (Å²) in [5, 5.41) is 7.82. The Morgan fingerprint density at radius 3 is 2.42 bits per heavy atom. The van der Waals surface area contributed by atoms with Gasteiger partial charge in [-0.25, -0.2) is 0 Å². The van der Waals surface area contributed by atoms with E-state index in [1.54, 1.807) is 18.3 Å². The fourth-order valence-corrected chi connectivity index (χ4v) is 4.72. The molecule has 2 aliphatic rings. The molecule has 0 radical (unpaired) electrons. The van der Waals surface area contributed by atoms with Crippen LogP contribution in [0.4, 0.5) is 0 Å². The first kappa shape index (κ1) is 21.8. The summed E-state index contributed by atoms with van der Waals surface area (Å²) in [5.41, 5.74) is 2.11. The zero-order valence-electron chi connectivity index (χ0n) is 18.8. The molecule has 4 rings (SSSR count). The lowest BCUT2D eigenvalue weighted by Gasteiger charge is -2.47. The Bertz CT molecular complexity index is 853. The molecule has 0 aliphatic carbocycles. The highest BCUT2D eigenvalue weighted by Crippen LogP contribution is 2.42. The SMILES string of the molecule is CC(C)COc1ccccc1CN1CCC2(CC1)CCN(C(=O)c1cccnn1)CC2. The summed E-state index contributed by atoms with van der Waals surface area (Å²) < 4.78 is 6.05. The molecule has 1 aromatic carbocycles. The molecule has 3 heterocycles. The van der Waals surface area contributed by atoms with Gasteiger partial charge in [-0.3, -0.25) is 9.69 Å². The minimum Gasteiger partial charge on any atom is -0.493 e. The first-order valence-electron chi connectivity index (χ1n) is 11.5. The molecule has 0 N–H and O–H groups in total. The minimum atomic E-state index is 0.0124. The second kappa shape index (κ2) is 9.77. The lowest BCUT2D eigenvalue weighted by Crippen LogP contribution is -2.48. The van der Waals surface area contributed by atoms with Crippen molar-refractivity contribution in [2.75, 3.05) is 32.8 Å². The monoisotopic (exact) mass is 422 g/mol. The van der Waals surface area contributed by atoms with Gasteiger partial charge in [-0.05, 0) is 68.3 Å². The van der Waals surface area contributed by atoms with Crippen LogP contribution < -0.4 is 4.74 Å². The Balaban J connectivity index is 1.28. The predicted molar refractivity (Wildman–Crippen MR) is 121 cm³/mol. The van der Waals surface area contributed by atoms with Gasteiger partial charge in [-0.1, -0.05) is 32.0 Å². The number of benzene rings is 1. The molecular weight excluding hydrogens is 388 g/mol. The topological polar surface area (TPSA) is 58.6 Å². The van der Waals surface area contributed by atoms with Gasteiger partial charge in [0.15, 0.2) is 5.69 Å². The molecule has 2 saturated heterocycles. The fraction of sp³-hybridized carbons (Fsp3) is 0.560. The third kappa shape index (κ3) is 5.42. The molecule has 2 aromatic rings. The van der Waals surface area contributed by atoms with Crippen molar-refractivity contribution in [1.29, 1.82) is 0 Å². The van der Waals surface area contributed by atoms with Crippen molar-refractivity contribution in [2.45, 2.75) is 46.1 Å². The number of nitrogens with zero attached hydrogens (tertiary/aromatic N) is 4. The number of piperidine rings is 2. The van der Waals surface area contributed by atoms with Gasteiger partial charge in [0.1, 0.15) is 5.75 Å². The minimum absolute atomic E-state index is 0.0124. The number of para-hydroxylation sites is 1. The Morgan fingerprint density at radius 2 is 1.74 bits per heavy atom. The molecule has 1 aromatic heterocycles. The molecule has 2 fully saturated rings. The molecule has 0 saturated carbocycles. The van der Waals surface area contributed by atoms with Crippen molar-refractivity contribution in [2.24, 2.45) is 11.3 Å². The fourth-order valence-electron chi connectivity index (χ4n) is 4.72. The summed E-state index contributed by atoms with van der Waals surface area (Å²) in [6, 6.07) is 12.0. The number of aromatic nitrogens is 2. The summed E-state index contributed by atoms with van der Waals surface area (Å²) in [4.78, 5) is 17.2. The highest BCUT2D eigenvalue weighted by atomic mass is 16.5. The van der Waals surface area contributed by atoms with E-state index in [2.05, 4.69) is 53.2 Å². The maximum Gasteiger partial charge on any atom is 0.274 e. The van der Waals surface area contributed by atoms with Crippen LogP contribution in [0.5, 0.6) is 5.75 Å². The first-order chi connectivity index (χ1) is 15.0. The van der Waals surface area contributed by atoms with Crippen LogP contribution in [0.15, 0.2) is 42.6 Å². The summed E-state index contributed by atoms with van der Waals surface area (Å²) in [5.74, 6) is 1.56. The average Bonchev–Trinajstić information content (AvgIpc) is 2.81. The second-order valence-electron chi connectivity index (χ2n) is 9.49. The quantitative estimate of drug-likeness (QED) is 0.703. The summed E-state index contributed by atoms with van der Waals surface area (Å²) in [6.07, 6.45) is 6.18. The van der Waals surface area contributed by atoms with Crippen molar-refractivity contribution in [3.63, 3.8) is 0 Å². The van der Waals surface area contributed by atoms with Crippen LogP contribution in [-0.2, 0) is 6.54 Å². The molecule has 1 amide bonds. The summed E-state index contributed by atoms with van der Waals surface area (Å²) in [6.45, 7) is 9.92. The molecule has 6 heteroatoms. The second-order valence-corrected chi connectivity index (χ2v) is 9.49. The Hall–Kier alpha value is -2.47. The molecule has 6 nitrogen and oxygen atoms in total. The van der Waals surface area contributed by atoms with Crippen molar-refractivity contribution >= 4 is 5.91 Å². The number of carbonyl (C=O) groups excluding carboxylic acids is 1. The van der Waals surface area contributed by atoms with Crippen LogP contribution in [-0.4, -0.2) is 58.7 Å². The number of ether oxygens (including phenoxy) is 1. The number of hydrogen-bond acceptors (Lipinski definition) is 5. The van der Waals surface area contributed by atoms with E-state index in [9.17, 15) is 4.79 Å². The maximum atomic E-state index is 12.7. The number of likely N-dealkylation sites (tertiary alicyclic amines) is 2. The van der Waals surface area contributed by atoms with E-state index >= 15 is 0 Å². The van der Waals surface area contributed by atoms with Crippen molar-refractivity contribution < 1.29 is 9.53 Å². The number of rotatable bonds is 6. The normalized spacial score (nSPS) is 19.0. The number of carbonyl (C=O) groups is 1. The van der Waals surface area contributed by atoms with Crippen molar-refractivity contribution in [3.05, 3.63) is 53.9 Å². The van der Waals surface area contributed by atoms with E-state index in [4.69, 9.17) is 4.74 Å². The number of amides is 1. The van der Waals surface area contributed by atoms with Crippen molar-refractivity contribution in [1.82, 2.24) is 20.0 Å². The van der Waals surface area contributed by atoms with Gasteiger partial charge in [-0.15, -0.1) is 5.10 Å². The van der Waals surface area contributed by atoms with Crippen LogP contribution >= 0.6 is 0 Å². The molecule has 0 atom stereocenters. The molecule has 1 spiro atoms. The van der Waals surface area contributed by atoms with Gasteiger partial charge in [0.05, 0.1) is 6.61 Å². The zero-order chi connectivity index (χ0) is 21.7. The first-order valence-corrected chi connectivity index (χ1v) is 11.5. The van der Waals surface area contributed by atoms with Gasteiger partial charge in [-0.2, -0.15) is 5.10 Å². The van der Waals surface area contributed by atoms with E-state index < -0.39 is 0 Å². The Kier molecular flexibility index (Phi) is 6.86. The van der Waals surface area contributed by atoms with E-state index in [1.807, 2.05) is 4.90 Å². The largest absolute Gasteiger partial charge is 0.493 e. The van der Waals surface area contributed by atoms with E-state index in [1.165, 1.54) is 18.4 Å². The highest BCUT2D eigenvalue weighted by Gasteiger charge is 2.38. The molecular formula is C25H34N4O2. The summed E-state index contributed by atoms with van der Waals surface area (Å²) >= 11 is 0. The maximum absolute atomic E-state index is 12.7. The standard InChI is InChI=1S/C25H34N4O2/c1-20(2)19-31-23-8-4-3-6-21(23)18-28-14-9-25(10-15-28)11-16-29(17-12-25)24(30)22-7-5-13-26-27-22/h3-8,13,20H,9-12,14-19H2,1-2H3. The highest BCUT2D eigenvalue weighted by molar-refractivity contribution is 5.92. The Labute approximate surface area is 185 Å². The molecule has 0 unspecified atom stereocenters. The van der Waals surface area contributed by atoms with Gasteiger partial charge >= 0.3 is 0 Å². The van der Waals surface area contributed by atoms with Gasteiger partial charge in [0.2, 0.25) is 0 Å². The van der Waals surface area contributed by atoms with E-state index in [0.717, 1.165) is 57.9 Å². The molecule has 2 aliphatic heterocycles. The van der Waals surface area contributed by atoms with Crippen LogP contribution in [0, 0.1) is 11.3 Å². The molecule has 0 bridgehead atoms. The lowest BCUT2D eigenvalue weighted by molar-refractivity contribution is 0.0280. The van der Waals surface area contributed by atoms with Gasteiger partial charge in [0.25, 0.3) is 5.91 Å². The van der Waals surface area contributed by atoms with Gasteiger partial charge < -0.3 is 9.64 Å².